The summed E-state index contributed by atoms with van der Waals surface area (Å²) in [5, 5.41) is 0. The molecule has 0 aromatic heterocycles. The van der Waals surface area contributed by atoms with Gasteiger partial charge in [-0.2, -0.15) is 0 Å². The van der Waals surface area contributed by atoms with Crippen LogP contribution in [0.3, 0.4) is 0 Å². The fourth-order valence-corrected chi connectivity index (χ4v) is 3.09. The maximum atomic E-state index is 14.3. The van der Waals surface area contributed by atoms with Gasteiger partial charge in [0.25, 0.3) is 0 Å². The molecule has 2 aromatic rings. The molecule has 3 heteroatoms. The zero-order chi connectivity index (χ0) is 14.3. The van der Waals surface area contributed by atoms with E-state index in [0.29, 0.717) is 18.4 Å². The molecule has 3 rings (SSSR count). The van der Waals surface area contributed by atoms with E-state index in [0.717, 1.165) is 12.0 Å². The van der Waals surface area contributed by atoms with Gasteiger partial charge < -0.3 is 5.73 Å². The summed E-state index contributed by atoms with van der Waals surface area (Å²) in [5.41, 5.74) is 8.20. The molecule has 104 valence electrons. The average molecular weight is 273 g/mol. The van der Waals surface area contributed by atoms with E-state index in [-0.39, 0.29) is 5.56 Å². The van der Waals surface area contributed by atoms with Crippen LogP contribution in [0.1, 0.15) is 28.7 Å². The van der Waals surface area contributed by atoms with E-state index < -0.39 is 17.2 Å². The second-order valence-corrected chi connectivity index (χ2v) is 5.65. The zero-order valence-electron chi connectivity index (χ0n) is 11.4. The summed E-state index contributed by atoms with van der Waals surface area (Å²) < 4.78 is 28.5. The molecular weight excluding hydrogens is 256 g/mol. The minimum atomic E-state index is -0.964. The number of aryl methyl sites for hydroxylation is 2. The number of halogens is 2. The second kappa shape index (κ2) is 4.67. The SMILES string of the molecule is Cc1ccc(F)c(C2(N)CCc3ccccc3C2)c1F. The van der Waals surface area contributed by atoms with Crippen molar-refractivity contribution < 1.29 is 8.78 Å². The van der Waals surface area contributed by atoms with Gasteiger partial charge in [0.2, 0.25) is 0 Å². The van der Waals surface area contributed by atoms with Gasteiger partial charge in [-0.3, -0.25) is 0 Å². The minimum absolute atomic E-state index is 0.0343. The first kappa shape index (κ1) is 13.3. The summed E-state index contributed by atoms with van der Waals surface area (Å²) in [6.45, 7) is 1.64. The normalized spacial score (nSPS) is 21.6. The molecule has 0 saturated heterocycles. The van der Waals surface area contributed by atoms with Crippen LogP contribution in [-0.4, -0.2) is 0 Å². The number of rotatable bonds is 1. The number of hydrogen-bond acceptors (Lipinski definition) is 1. The van der Waals surface area contributed by atoms with E-state index in [2.05, 4.69) is 6.07 Å². The Morgan fingerprint density at radius 2 is 1.75 bits per heavy atom. The topological polar surface area (TPSA) is 26.0 Å². The van der Waals surface area contributed by atoms with Gasteiger partial charge >= 0.3 is 0 Å². The second-order valence-electron chi connectivity index (χ2n) is 5.65. The van der Waals surface area contributed by atoms with Crippen molar-refractivity contribution in [3.63, 3.8) is 0 Å². The highest BCUT2D eigenvalue weighted by atomic mass is 19.1. The minimum Gasteiger partial charge on any atom is -0.321 e. The first-order chi connectivity index (χ1) is 9.51. The summed E-state index contributed by atoms with van der Waals surface area (Å²) in [5.74, 6) is -1.05. The van der Waals surface area contributed by atoms with Crippen molar-refractivity contribution in [3.05, 3.63) is 70.3 Å². The van der Waals surface area contributed by atoms with E-state index in [4.69, 9.17) is 5.73 Å². The predicted molar refractivity (Wildman–Crippen MR) is 75.4 cm³/mol. The van der Waals surface area contributed by atoms with Crippen LogP contribution in [0.4, 0.5) is 8.78 Å². The quantitative estimate of drug-likeness (QED) is 0.844. The Bertz CT molecular complexity index is 666. The van der Waals surface area contributed by atoms with Crippen LogP contribution in [0.15, 0.2) is 36.4 Å². The summed E-state index contributed by atoms with van der Waals surface area (Å²) in [6.07, 6.45) is 1.78. The Morgan fingerprint density at radius 1 is 1.05 bits per heavy atom. The molecule has 2 aromatic carbocycles. The fraction of sp³-hybridized carbons (Fsp3) is 0.294. The van der Waals surface area contributed by atoms with Gasteiger partial charge in [-0.25, -0.2) is 8.78 Å². The third-order valence-electron chi connectivity index (χ3n) is 4.25. The molecule has 0 radical (unpaired) electrons. The monoisotopic (exact) mass is 273 g/mol. The predicted octanol–water partition coefficient (Wildman–Crippen LogP) is 3.62. The molecule has 2 N–H and O–H groups in total. The van der Waals surface area contributed by atoms with Gasteiger partial charge in [-0.1, -0.05) is 30.3 Å². The van der Waals surface area contributed by atoms with Gasteiger partial charge in [0, 0.05) is 5.56 Å². The van der Waals surface area contributed by atoms with Gasteiger partial charge in [0.05, 0.1) is 5.54 Å². The lowest BCUT2D eigenvalue weighted by molar-refractivity contribution is 0.349. The van der Waals surface area contributed by atoms with Crippen molar-refractivity contribution in [2.45, 2.75) is 31.7 Å². The summed E-state index contributed by atoms with van der Waals surface area (Å²) in [4.78, 5) is 0. The number of nitrogens with two attached hydrogens (primary N) is 1. The largest absolute Gasteiger partial charge is 0.321 e. The molecule has 0 saturated carbocycles. The van der Waals surface area contributed by atoms with E-state index in [9.17, 15) is 8.78 Å². The highest BCUT2D eigenvalue weighted by molar-refractivity contribution is 5.39. The number of fused-ring (bicyclic) bond motifs is 1. The van der Waals surface area contributed by atoms with Crippen LogP contribution >= 0.6 is 0 Å². The molecule has 1 atom stereocenters. The molecule has 1 aliphatic rings. The Hall–Kier alpha value is -1.74. The molecule has 0 aliphatic heterocycles. The third-order valence-corrected chi connectivity index (χ3v) is 4.25. The summed E-state index contributed by atoms with van der Waals surface area (Å²) in [7, 11) is 0. The molecule has 1 unspecified atom stereocenters. The van der Waals surface area contributed by atoms with Crippen molar-refractivity contribution >= 4 is 0 Å². The lowest BCUT2D eigenvalue weighted by Gasteiger charge is -2.36. The molecule has 1 aliphatic carbocycles. The average Bonchev–Trinajstić information content (AvgIpc) is 2.43. The van der Waals surface area contributed by atoms with E-state index in [1.54, 1.807) is 6.92 Å². The maximum absolute atomic E-state index is 14.3. The zero-order valence-corrected chi connectivity index (χ0v) is 11.4. The van der Waals surface area contributed by atoms with Crippen LogP contribution in [0.25, 0.3) is 0 Å². The summed E-state index contributed by atoms with van der Waals surface area (Å²) in [6, 6.07) is 10.7. The lowest BCUT2D eigenvalue weighted by atomic mass is 9.74. The van der Waals surface area contributed by atoms with Crippen LogP contribution in [-0.2, 0) is 18.4 Å². The first-order valence-corrected chi connectivity index (χ1v) is 6.82. The van der Waals surface area contributed by atoms with Crippen molar-refractivity contribution in [3.8, 4) is 0 Å². The summed E-state index contributed by atoms with van der Waals surface area (Å²) >= 11 is 0. The third kappa shape index (κ3) is 2.02. The molecule has 0 fully saturated rings. The molecular formula is C17H17F2N. The van der Waals surface area contributed by atoms with Gasteiger partial charge in [-0.15, -0.1) is 0 Å². The van der Waals surface area contributed by atoms with E-state index in [1.165, 1.54) is 17.7 Å². The van der Waals surface area contributed by atoms with Crippen molar-refractivity contribution in [2.24, 2.45) is 5.73 Å². The maximum Gasteiger partial charge on any atom is 0.134 e. The smallest absolute Gasteiger partial charge is 0.134 e. The molecule has 0 spiro atoms. The van der Waals surface area contributed by atoms with Crippen LogP contribution < -0.4 is 5.73 Å². The lowest BCUT2D eigenvalue weighted by Crippen LogP contribution is -2.43. The Morgan fingerprint density at radius 3 is 2.50 bits per heavy atom. The van der Waals surface area contributed by atoms with Crippen LogP contribution in [0.5, 0.6) is 0 Å². The first-order valence-electron chi connectivity index (χ1n) is 6.82. The van der Waals surface area contributed by atoms with Crippen LogP contribution in [0, 0.1) is 18.6 Å². The van der Waals surface area contributed by atoms with Crippen molar-refractivity contribution in [1.29, 1.82) is 0 Å². The Labute approximate surface area is 117 Å². The van der Waals surface area contributed by atoms with Gasteiger partial charge in [0.1, 0.15) is 11.6 Å². The Kier molecular flexibility index (Phi) is 3.09. The molecule has 1 nitrogen and oxygen atoms in total. The molecule has 0 heterocycles. The highest BCUT2D eigenvalue weighted by Crippen LogP contribution is 2.37. The van der Waals surface area contributed by atoms with Gasteiger partial charge in [-0.05, 0) is 48.9 Å². The van der Waals surface area contributed by atoms with Gasteiger partial charge in [0.15, 0.2) is 0 Å². The van der Waals surface area contributed by atoms with E-state index in [1.807, 2.05) is 18.2 Å². The molecule has 0 amide bonds. The van der Waals surface area contributed by atoms with Crippen molar-refractivity contribution in [1.82, 2.24) is 0 Å². The van der Waals surface area contributed by atoms with Crippen LogP contribution in [0.2, 0.25) is 0 Å². The standard InChI is InChI=1S/C17H17F2N/c1-11-6-7-14(18)15(16(11)19)17(20)9-8-12-4-2-3-5-13(12)10-17/h2-7H,8-10,20H2,1H3. The number of benzene rings is 2. The highest BCUT2D eigenvalue weighted by Gasteiger charge is 2.37. The Balaban J connectivity index is 2.10. The van der Waals surface area contributed by atoms with E-state index >= 15 is 0 Å². The molecule has 20 heavy (non-hydrogen) atoms. The fourth-order valence-electron chi connectivity index (χ4n) is 3.09. The van der Waals surface area contributed by atoms with Crippen molar-refractivity contribution in [2.75, 3.05) is 0 Å². The molecule has 0 bridgehead atoms. The number of hydrogen-bond donors (Lipinski definition) is 1.